The smallest absolute Gasteiger partial charge is 0.234 e. The van der Waals surface area contributed by atoms with Crippen LogP contribution in [0.4, 0.5) is 0 Å². The number of carbonyl (C=O) groups excluding carboxylic acids is 1. The maximum atomic E-state index is 12.0. The first-order chi connectivity index (χ1) is 12.1. The molecule has 2 aromatic rings. The number of carbonyl (C=O) groups is 1. The number of nitrogens with one attached hydrogen (secondary N) is 2. The molecular formula is C19H23ClN2O3. The van der Waals surface area contributed by atoms with Crippen LogP contribution in [0.3, 0.4) is 0 Å². The zero-order valence-electron chi connectivity index (χ0n) is 14.3. The number of ether oxygens (including phenoxy) is 1. The molecule has 3 rings (SSSR count). The van der Waals surface area contributed by atoms with Gasteiger partial charge in [0.05, 0.1) is 19.7 Å². The second kappa shape index (κ2) is 8.52. The predicted octanol–water partition coefficient (Wildman–Crippen LogP) is 3.23. The van der Waals surface area contributed by atoms with Gasteiger partial charge in [0.25, 0.3) is 0 Å². The summed E-state index contributed by atoms with van der Waals surface area (Å²) in [5, 5.41) is 6.82. The van der Waals surface area contributed by atoms with Crippen LogP contribution in [-0.4, -0.2) is 31.7 Å². The van der Waals surface area contributed by atoms with E-state index in [0.717, 1.165) is 36.7 Å². The number of furan rings is 1. The molecule has 6 heteroatoms. The van der Waals surface area contributed by atoms with E-state index in [1.807, 2.05) is 36.4 Å². The average Bonchev–Trinajstić information content (AvgIpc) is 3.30. The standard InChI is InChI=1S/C19H23ClN2O3/c1-13(15-8-9-24-12-15)21-11-19(23)22-10-17-6-7-18(25-17)14-2-4-16(20)5-3-14/h2-7,13,15,21H,8-12H2,1H3,(H,22,23)/t13-,15-/m0/s1. The van der Waals surface area contributed by atoms with E-state index in [-0.39, 0.29) is 11.9 Å². The van der Waals surface area contributed by atoms with E-state index in [1.165, 1.54) is 0 Å². The molecule has 1 saturated heterocycles. The summed E-state index contributed by atoms with van der Waals surface area (Å²) in [4.78, 5) is 12.0. The van der Waals surface area contributed by atoms with Crippen molar-refractivity contribution in [1.29, 1.82) is 0 Å². The summed E-state index contributed by atoms with van der Waals surface area (Å²) in [6, 6.07) is 11.5. The number of amides is 1. The number of hydrogen-bond acceptors (Lipinski definition) is 4. The lowest BCUT2D eigenvalue weighted by atomic mass is 10.0. The monoisotopic (exact) mass is 362 g/mol. The largest absolute Gasteiger partial charge is 0.459 e. The van der Waals surface area contributed by atoms with Crippen LogP contribution < -0.4 is 10.6 Å². The molecule has 2 atom stereocenters. The van der Waals surface area contributed by atoms with Crippen molar-refractivity contribution in [3.8, 4) is 11.3 Å². The second-order valence-electron chi connectivity index (χ2n) is 6.34. The van der Waals surface area contributed by atoms with Crippen molar-refractivity contribution in [2.75, 3.05) is 19.8 Å². The van der Waals surface area contributed by atoms with Crippen LogP contribution >= 0.6 is 11.6 Å². The maximum absolute atomic E-state index is 12.0. The van der Waals surface area contributed by atoms with Gasteiger partial charge in [0.15, 0.2) is 0 Å². The first-order valence-electron chi connectivity index (χ1n) is 8.54. The van der Waals surface area contributed by atoms with Gasteiger partial charge in [-0.05, 0) is 55.7 Å². The highest BCUT2D eigenvalue weighted by Crippen LogP contribution is 2.23. The van der Waals surface area contributed by atoms with Crippen molar-refractivity contribution in [3.05, 3.63) is 47.2 Å². The summed E-state index contributed by atoms with van der Waals surface area (Å²) in [5.74, 6) is 1.92. The normalized spacial score (nSPS) is 18.2. The number of hydrogen-bond donors (Lipinski definition) is 2. The van der Waals surface area contributed by atoms with E-state index in [0.29, 0.717) is 24.0 Å². The van der Waals surface area contributed by atoms with Crippen LogP contribution in [0.15, 0.2) is 40.8 Å². The minimum atomic E-state index is -0.0461. The summed E-state index contributed by atoms with van der Waals surface area (Å²) in [6.07, 6.45) is 1.05. The van der Waals surface area contributed by atoms with Gasteiger partial charge in [-0.3, -0.25) is 4.79 Å². The predicted molar refractivity (Wildman–Crippen MR) is 97.4 cm³/mol. The Morgan fingerprint density at radius 2 is 2.08 bits per heavy atom. The van der Waals surface area contributed by atoms with Crippen molar-refractivity contribution in [2.24, 2.45) is 5.92 Å². The number of rotatable bonds is 7. The quantitative estimate of drug-likeness (QED) is 0.793. The molecule has 0 bridgehead atoms. The molecule has 1 fully saturated rings. The van der Waals surface area contributed by atoms with E-state index in [4.69, 9.17) is 20.8 Å². The van der Waals surface area contributed by atoms with Crippen LogP contribution in [0.25, 0.3) is 11.3 Å². The van der Waals surface area contributed by atoms with E-state index >= 15 is 0 Å². The van der Waals surface area contributed by atoms with E-state index in [9.17, 15) is 4.79 Å². The molecule has 0 radical (unpaired) electrons. The first-order valence-corrected chi connectivity index (χ1v) is 8.92. The van der Waals surface area contributed by atoms with E-state index < -0.39 is 0 Å². The number of halogens is 1. The lowest BCUT2D eigenvalue weighted by Crippen LogP contribution is -2.41. The molecule has 5 nitrogen and oxygen atoms in total. The molecule has 2 heterocycles. The van der Waals surface area contributed by atoms with Gasteiger partial charge < -0.3 is 19.8 Å². The summed E-state index contributed by atoms with van der Waals surface area (Å²) in [7, 11) is 0. The lowest BCUT2D eigenvalue weighted by Gasteiger charge is -2.18. The van der Waals surface area contributed by atoms with Gasteiger partial charge in [-0.2, -0.15) is 0 Å². The van der Waals surface area contributed by atoms with Crippen molar-refractivity contribution < 1.29 is 13.9 Å². The molecule has 1 aromatic heterocycles. The molecule has 1 aliphatic rings. The van der Waals surface area contributed by atoms with E-state index in [1.54, 1.807) is 0 Å². The Kier molecular flexibility index (Phi) is 6.13. The summed E-state index contributed by atoms with van der Waals surface area (Å²) in [6.45, 7) is 4.35. The van der Waals surface area contributed by atoms with Crippen LogP contribution in [-0.2, 0) is 16.1 Å². The third-order valence-corrected chi connectivity index (χ3v) is 4.76. The Morgan fingerprint density at radius 1 is 1.28 bits per heavy atom. The zero-order chi connectivity index (χ0) is 17.6. The molecule has 1 aliphatic heterocycles. The summed E-state index contributed by atoms with van der Waals surface area (Å²) in [5.41, 5.74) is 0.955. The zero-order valence-corrected chi connectivity index (χ0v) is 15.0. The molecule has 134 valence electrons. The summed E-state index contributed by atoms with van der Waals surface area (Å²) < 4.78 is 11.1. The topological polar surface area (TPSA) is 63.5 Å². The Balaban J connectivity index is 1.43. The van der Waals surface area contributed by atoms with Crippen LogP contribution in [0.1, 0.15) is 19.1 Å². The first kappa shape index (κ1) is 18.0. The van der Waals surface area contributed by atoms with Gasteiger partial charge in [0, 0.05) is 23.2 Å². The Hall–Kier alpha value is -1.82. The fraction of sp³-hybridized carbons (Fsp3) is 0.421. The molecule has 25 heavy (non-hydrogen) atoms. The lowest BCUT2D eigenvalue weighted by molar-refractivity contribution is -0.120. The third-order valence-electron chi connectivity index (χ3n) is 4.51. The van der Waals surface area contributed by atoms with Gasteiger partial charge in [0.2, 0.25) is 5.91 Å². The highest BCUT2D eigenvalue weighted by Gasteiger charge is 2.22. The minimum Gasteiger partial charge on any atom is -0.459 e. The van der Waals surface area contributed by atoms with Gasteiger partial charge in [-0.1, -0.05) is 11.6 Å². The Labute approximate surface area is 152 Å². The Morgan fingerprint density at radius 3 is 2.80 bits per heavy atom. The van der Waals surface area contributed by atoms with Gasteiger partial charge in [0.1, 0.15) is 11.5 Å². The van der Waals surface area contributed by atoms with Crippen molar-refractivity contribution in [2.45, 2.75) is 25.9 Å². The van der Waals surface area contributed by atoms with E-state index in [2.05, 4.69) is 17.6 Å². The SMILES string of the molecule is C[C@H](NCC(=O)NCc1ccc(-c2ccc(Cl)cc2)o1)[C@H]1CCOC1. The number of benzene rings is 1. The minimum absolute atomic E-state index is 0.0461. The molecule has 1 aromatic carbocycles. The van der Waals surface area contributed by atoms with Crippen molar-refractivity contribution in [3.63, 3.8) is 0 Å². The molecule has 0 spiro atoms. The molecule has 0 unspecified atom stereocenters. The highest BCUT2D eigenvalue weighted by atomic mass is 35.5. The average molecular weight is 363 g/mol. The summed E-state index contributed by atoms with van der Waals surface area (Å²) >= 11 is 5.89. The fourth-order valence-corrected chi connectivity index (χ4v) is 2.98. The fourth-order valence-electron chi connectivity index (χ4n) is 2.86. The van der Waals surface area contributed by atoms with Crippen LogP contribution in [0.5, 0.6) is 0 Å². The molecule has 1 amide bonds. The van der Waals surface area contributed by atoms with Crippen LogP contribution in [0.2, 0.25) is 5.02 Å². The highest BCUT2D eigenvalue weighted by molar-refractivity contribution is 6.30. The van der Waals surface area contributed by atoms with Crippen molar-refractivity contribution in [1.82, 2.24) is 10.6 Å². The molecular weight excluding hydrogens is 340 g/mol. The van der Waals surface area contributed by atoms with Crippen LogP contribution in [0, 0.1) is 5.92 Å². The van der Waals surface area contributed by atoms with Gasteiger partial charge in [-0.15, -0.1) is 0 Å². The molecule has 0 saturated carbocycles. The second-order valence-corrected chi connectivity index (χ2v) is 6.78. The third kappa shape index (κ3) is 5.08. The van der Waals surface area contributed by atoms with Gasteiger partial charge >= 0.3 is 0 Å². The maximum Gasteiger partial charge on any atom is 0.234 e. The van der Waals surface area contributed by atoms with Crippen molar-refractivity contribution >= 4 is 17.5 Å². The molecule has 2 N–H and O–H groups in total. The molecule has 0 aliphatic carbocycles. The van der Waals surface area contributed by atoms with Gasteiger partial charge in [-0.25, -0.2) is 0 Å². The Bertz CT molecular complexity index is 693.